The van der Waals surface area contributed by atoms with Crippen LogP contribution in [0.3, 0.4) is 0 Å². The van der Waals surface area contributed by atoms with Gasteiger partial charge in [0.1, 0.15) is 5.75 Å². The summed E-state index contributed by atoms with van der Waals surface area (Å²) in [6.45, 7) is 10.7. The van der Waals surface area contributed by atoms with Gasteiger partial charge in [0.05, 0.1) is 24.9 Å². The highest BCUT2D eigenvalue weighted by Crippen LogP contribution is 2.24. The molecule has 0 fully saturated rings. The second-order valence-electron chi connectivity index (χ2n) is 7.85. The molecule has 0 spiro atoms. The molecule has 1 unspecified atom stereocenters. The summed E-state index contributed by atoms with van der Waals surface area (Å²) in [5.74, 6) is 1.02. The number of benzene rings is 2. The van der Waals surface area contributed by atoms with Gasteiger partial charge >= 0.3 is 6.03 Å². The van der Waals surface area contributed by atoms with Crippen molar-refractivity contribution in [3.05, 3.63) is 59.7 Å². The van der Waals surface area contributed by atoms with Crippen LogP contribution >= 0.6 is 0 Å². The van der Waals surface area contributed by atoms with Gasteiger partial charge in [-0.25, -0.2) is 4.79 Å². The van der Waals surface area contributed by atoms with Crippen molar-refractivity contribution in [2.75, 3.05) is 18.5 Å². The predicted octanol–water partition coefficient (Wildman–Crippen LogP) is 4.84. The first kappa shape index (κ1) is 23.3. The molecule has 2 rings (SSSR count). The standard InChI is InChI=1S/C24H33N3O3/c1-6-30-21-10-8-7-9-20(21)26-24(29)25-15-22(28)27-23(17(4)5)19-13-11-18(12-14-19)16(2)3/h7-14,16-17,23H,6,15H2,1-5H3,(H,27,28)(H2,25,26,29). The number of hydrogen-bond acceptors (Lipinski definition) is 3. The van der Waals surface area contributed by atoms with Crippen LogP contribution in [0, 0.1) is 5.92 Å². The lowest BCUT2D eigenvalue weighted by atomic mass is 9.93. The van der Waals surface area contributed by atoms with Gasteiger partial charge in [0.15, 0.2) is 0 Å². The van der Waals surface area contributed by atoms with Crippen molar-refractivity contribution < 1.29 is 14.3 Å². The smallest absolute Gasteiger partial charge is 0.319 e. The Hall–Kier alpha value is -3.02. The topological polar surface area (TPSA) is 79.5 Å². The van der Waals surface area contributed by atoms with E-state index in [4.69, 9.17) is 4.74 Å². The maximum Gasteiger partial charge on any atom is 0.319 e. The average molecular weight is 412 g/mol. The third-order valence-corrected chi connectivity index (χ3v) is 4.79. The van der Waals surface area contributed by atoms with E-state index in [0.29, 0.717) is 24.0 Å². The number of rotatable bonds is 9. The summed E-state index contributed by atoms with van der Waals surface area (Å²) in [7, 11) is 0. The van der Waals surface area contributed by atoms with Crippen molar-refractivity contribution in [2.45, 2.75) is 46.6 Å². The van der Waals surface area contributed by atoms with E-state index in [1.54, 1.807) is 12.1 Å². The van der Waals surface area contributed by atoms with Gasteiger partial charge in [0.2, 0.25) is 5.91 Å². The van der Waals surface area contributed by atoms with Gasteiger partial charge in [0, 0.05) is 0 Å². The fourth-order valence-electron chi connectivity index (χ4n) is 3.13. The third kappa shape index (κ3) is 6.79. The van der Waals surface area contributed by atoms with E-state index in [1.165, 1.54) is 5.56 Å². The predicted molar refractivity (Wildman–Crippen MR) is 121 cm³/mol. The molecule has 0 aliphatic rings. The molecule has 1 atom stereocenters. The maximum atomic E-state index is 12.5. The van der Waals surface area contributed by atoms with Gasteiger partial charge in [-0.2, -0.15) is 0 Å². The summed E-state index contributed by atoms with van der Waals surface area (Å²) < 4.78 is 5.49. The van der Waals surface area contributed by atoms with Crippen LogP contribution in [0.15, 0.2) is 48.5 Å². The summed E-state index contributed by atoms with van der Waals surface area (Å²) in [6, 6.07) is 14.9. The van der Waals surface area contributed by atoms with E-state index >= 15 is 0 Å². The van der Waals surface area contributed by atoms with Crippen LogP contribution in [0.1, 0.15) is 57.7 Å². The number of nitrogens with one attached hydrogen (secondary N) is 3. The Balaban J connectivity index is 1.92. The number of carbonyl (C=O) groups is 2. The highest BCUT2D eigenvalue weighted by atomic mass is 16.5. The number of amides is 3. The van der Waals surface area contributed by atoms with Crippen LogP contribution in [0.5, 0.6) is 5.75 Å². The second kappa shape index (κ2) is 11.2. The first-order valence-electron chi connectivity index (χ1n) is 10.5. The van der Waals surface area contributed by atoms with Crippen molar-refractivity contribution in [2.24, 2.45) is 5.92 Å². The molecular formula is C24H33N3O3. The van der Waals surface area contributed by atoms with Crippen molar-refractivity contribution >= 4 is 17.6 Å². The van der Waals surface area contributed by atoms with E-state index in [9.17, 15) is 9.59 Å². The molecule has 6 heteroatoms. The molecular weight excluding hydrogens is 378 g/mol. The summed E-state index contributed by atoms with van der Waals surface area (Å²) >= 11 is 0. The molecule has 0 saturated heterocycles. The number of ether oxygens (including phenoxy) is 1. The molecule has 0 radical (unpaired) electrons. The Bertz CT molecular complexity index is 832. The van der Waals surface area contributed by atoms with Crippen molar-refractivity contribution in [3.8, 4) is 5.75 Å². The van der Waals surface area contributed by atoms with Gasteiger partial charge in [-0.1, -0.05) is 64.1 Å². The van der Waals surface area contributed by atoms with Gasteiger partial charge in [-0.3, -0.25) is 4.79 Å². The van der Waals surface area contributed by atoms with E-state index in [0.717, 1.165) is 5.56 Å². The number of urea groups is 1. The number of hydrogen-bond donors (Lipinski definition) is 3. The number of carbonyl (C=O) groups excluding carboxylic acids is 2. The average Bonchev–Trinajstić information content (AvgIpc) is 2.72. The molecule has 0 aliphatic heterocycles. The van der Waals surface area contributed by atoms with E-state index < -0.39 is 6.03 Å². The molecule has 0 bridgehead atoms. The maximum absolute atomic E-state index is 12.5. The number of para-hydroxylation sites is 2. The third-order valence-electron chi connectivity index (χ3n) is 4.79. The van der Waals surface area contributed by atoms with Gasteiger partial charge < -0.3 is 20.7 Å². The van der Waals surface area contributed by atoms with Gasteiger partial charge in [-0.05, 0) is 42.0 Å². The lowest BCUT2D eigenvalue weighted by Gasteiger charge is -2.23. The summed E-state index contributed by atoms with van der Waals surface area (Å²) in [5, 5.41) is 8.35. The zero-order valence-electron chi connectivity index (χ0n) is 18.5. The van der Waals surface area contributed by atoms with E-state index in [-0.39, 0.29) is 24.4 Å². The Labute approximate surface area is 179 Å². The van der Waals surface area contributed by atoms with Crippen LogP contribution in [0.25, 0.3) is 0 Å². The minimum absolute atomic E-state index is 0.115. The van der Waals surface area contributed by atoms with Crippen LogP contribution in [0.4, 0.5) is 10.5 Å². The summed E-state index contributed by atoms with van der Waals surface area (Å²) in [5.41, 5.74) is 2.87. The first-order valence-corrected chi connectivity index (χ1v) is 10.5. The lowest BCUT2D eigenvalue weighted by molar-refractivity contribution is -0.121. The normalized spacial score (nSPS) is 11.8. The van der Waals surface area contributed by atoms with Crippen LogP contribution in [-0.4, -0.2) is 25.1 Å². The molecule has 2 aromatic carbocycles. The van der Waals surface area contributed by atoms with Crippen LogP contribution < -0.4 is 20.7 Å². The molecule has 0 aliphatic carbocycles. The molecule has 0 aromatic heterocycles. The Kier molecular flexibility index (Phi) is 8.71. The second-order valence-corrected chi connectivity index (χ2v) is 7.85. The highest BCUT2D eigenvalue weighted by molar-refractivity contribution is 5.93. The van der Waals surface area contributed by atoms with Crippen LogP contribution in [-0.2, 0) is 4.79 Å². The zero-order valence-corrected chi connectivity index (χ0v) is 18.5. The fraction of sp³-hybridized carbons (Fsp3) is 0.417. The molecule has 30 heavy (non-hydrogen) atoms. The SMILES string of the molecule is CCOc1ccccc1NC(=O)NCC(=O)NC(c1ccc(C(C)C)cc1)C(C)C. The van der Waals surface area contributed by atoms with E-state index in [2.05, 4.69) is 67.9 Å². The zero-order chi connectivity index (χ0) is 22.1. The minimum atomic E-state index is -0.459. The highest BCUT2D eigenvalue weighted by Gasteiger charge is 2.19. The molecule has 0 saturated carbocycles. The largest absolute Gasteiger partial charge is 0.492 e. The van der Waals surface area contributed by atoms with E-state index in [1.807, 2.05) is 19.1 Å². The van der Waals surface area contributed by atoms with Gasteiger partial charge in [0.25, 0.3) is 0 Å². The molecule has 0 heterocycles. The molecule has 162 valence electrons. The van der Waals surface area contributed by atoms with Crippen molar-refractivity contribution in [1.82, 2.24) is 10.6 Å². The first-order chi connectivity index (χ1) is 14.3. The van der Waals surface area contributed by atoms with Gasteiger partial charge in [-0.15, -0.1) is 0 Å². The molecule has 3 N–H and O–H groups in total. The Morgan fingerprint density at radius 2 is 1.57 bits per heavy atom. The van der Waals surface area contributed by atoms with Crippen LogP contribution in [0.2, 0.25) is 0 Å². The minimum Gasteiger partial charge on any atom is -0.492 e. The molecule has 6 nitrogen and oxygen atoms in total. The Morgan fingerprint density at radius 1 is 0.933 bits per heavy atom. The Morgan fingerprint density at radius 3 is 2.17 bits per heavy atom. The number of anilines is 1. The van der Waals surface area contributed by atoms with Crippen molar-refractivity contribution in [1.29, 1.82) is 0 Å². The monoisotopic (exact) mass is 411 g/mol. The fourth-order valence-corrected chi connectivity index (χ4v) is 3.13. The molecule has 3 amide bonds. The summed E-state index contributed by atoms with van der Waals surface area (Å²) in [4.78, 5) is 24.7. The molecule has 2 aromatic rings. The quantitative estimate of drug-likeness (QED) is 0.552. The lowest BCUT2D eigenvalue weighted by Crippen LogP contribution is -2.41. The van der Waals surface area contributed by atoms with Crippen molar-refractivity contribution in [3.63, 3.8) is 0 Å². The summed E-state index contributed by atoms with van der Waals surface area (Å²) in [6.07, 6.45) is 0.